The largest absolute Gasteiger partial charge is 0.495 e. The molecule has 0 saturated carbocycles. The van der Waals surface area contributed by atoms with Gasteiger partial charge >= 0.3 is 0 Å². The number of halogens is 1. The molecule has 6 heteroatoms. The number of benzene rings is 2. The molecule has 1 amide bonds. The van der Waals surface area contributed by atoms with Crippen molar-refractivity contribution in [1.29, 1.82) is 0 Å². The van der Waals surface area contributed by atoms with E-state index in [1.807, 2.05) is 19.9 Å². The van der Waals surface area contributed by atoms with E-state index in [1.54, 1.807) is 24.3 Å². The second-order valence-electron chi connectivity index (χ2n) is 5.19. The Morgan fingerprint density at radius 3 is 2.61 bits per heavy atom. The van der Waals surface area contributed by atoms with Crippen molar-refractivity contribution in [3.05, 3.63) is 46.5 Å². The highest BCUT2D eigenvalue weighted by molar-refractivity contribution is 6.32. The predicted molar refractivity (Wildman–Crippen MR) is 92.5 cm³/mol. The summed E-state index contributed by atoms with van der Waals surface area (Å²) >= 11 is 6.15. The number of hydrogen-bond donors (Lipinski definition) is 2. The van der Waals surface area contributed by atoms with E-state index in [2.05, 4.69) is 5.32 Å². The smallest absolute Gasteiger partial charge is 0.262 e. The van der Waals surface area contributed by atoms with Crippen molar-refractivity contribution in [3.63, 3.8) is 0 Å². The second-order valence-corrected chi connectivity index (χ2v) is 5.59. The molecule has 0 fully saturated rings. The number of ether oxygens (including phenoxy) is 2. The number of carbonyl (C=O) groups is 1. The average molecular weight is 335 g/mol. The number of hydrogen-bond acceptors (Lipinski definition) is 4. The molecular formula is C17H19ClN2O3. The van der Waals surface area contributed by atoms with Gasteiger partial charge in [-0.25, -0.2) is 0 Å². The van der Waals surface area contributed by atoms with Crippen LogP contribution < -0.4 is 20.5 Å². The first-order valence-corrected chi connectivity index (χ1v) is 7.41. The summed E-state index contributed by atoms with van der Waals surface area (Å²) < 4.78 is 10.6. The van der Waals surface area contributed by atoms with Crippen LogP contribution in [0, 0.1) is 13.8 Å². The third-order valence-corrected chi connectivity index (χ3v) is 3.52. The lowest BCUT2D eigenvalue weighted by Crippen LogP contribution is -2.20. The molecule has 0 heterocycles. The lowest BCUT2D eigenvalue weighted by molar-refractivity contribution is -0.118. The second kappa shape index (κ2) is 7.24. The third-order valence-electron chi connectivity index (χ3n) is 3.23. The van der Waals surface area contributed by atoms with Crippen LogP contribution in [0.5, 0.6) is 11.5 Å². The minimum atomic E-state index is -0.300. The van der Waals surface area contributed by atoms with Gasteiger partial charge in [0.2, 0.25) is 0 Å². The Morgan fingerprint density at radius 2 is 2.00 bits per heavy atom. The van der Waals surface area contributed by atoms with Gasteiger partial charge in [0, 0.05) is 5.69 Å². The fourth-order valence-electron chi connectivity index (χ4n) is 2.23. The van der Waals surface area contributed by atoms with E-state index in [0.717, 1.165) is 11.1 Å². The number of carbonyl (C=O) groups excluding carboxylic acids is 1. The standard InChI is InChI=1S/C17H19ClN2O3/c1-10-6-11(2)17(13(18)7-10)23-9-16(21)20-12-4-5-15(22-3)14(19)8-12/h4-8H,9,19H2,1-3H3,(H,20,21). The Kier molecular flexibility index (Phi) is 5.34. The van der Waals surface area contributed by atoms with Crippen molar-refractivity contribution in [2.45, 2.75) is 13.8 Å². The van der Waals surface area contributed by atoms with Crippen LogP contribution in [0.1, 0.15) is 11.1 Å². The van der Waals surface area contributed by atoms with Crippen molar-refractivity contribution in [2.24, 2.45) is 0 Å². The first-order chi connectivity index (χ1) is 10.9. The molecule has 0 atom stereocenters. The number of nitrogens with two attached hydrogens (primary N) is 1. The predicted octanol–water partition coefficient (Wildman–Crippen LogP) is 3.57. The lowest BCUT2D eigenvalue weighted by Gasteiger charge is -2.12. The van der Waals surface area contributed by atoms with E-state index in [4.69, 9.17) is 26.8 Å². The van der Waals surface area contributed by atoms with E-state index in [0.29, 0.717) is 27.9 Å². The summed E-state index contributed by atoms with van der Waals surface area (Å²) in [4.78, 5) is 12.0. The number of aryl methyl sites for hydroxylation is 2. The molecule has 2 aromatic rings. The quantitative estimate of drug-likeness (QED) is 0.820. The number of anilines is 2. The molecule has 23 heavy (non-hydrogen) atoms. The van der Waals surface area contributed by atoms with Crippen LogP contribution in [0.3, 0.4) is 0 Å². The number of rotatable bonds is 5. The van der Waals surface area contributed by atoms with Crippen LogP contribution in [0.25, 0.3) is 0 Å². The Balaban J connectivity index is 1.99. The molecule has 0 aliphatic heterocycles. The minimum absolute atomic E-state index is 0.143. The highest BCUT2D eigenvalue weighted by Crippen LogP contribution is 2.30. The molecule has 3 N–H and O–H groups in total. The molecule has 2 rings (SSSR count). The topological polar surface area (TPSA) is 73.6 Å². The zero-order valence-corrected chi connectivity index (χ0v) is 14.0. The summed E-state index contributed by atoms with van der Waals surface area (Å²) in [5.74, 6) is 0.772. The van der Waals surface area contributed by atoms with Gasteiger partial charge in [-0.3, -0.25) is 4.79 Å². The minimum Gasteiger partial charge on any atom is -0.495 e. The number of amides is 1. The van der Waals surface area contributed by atoms with Crippen LogP contribution in [0.2, 0.25) is 5.02 Å². The SMILES string of the molecule is COc1ccc(NC(=O)COc2c(C)cc(C)cc2Cl)cc1N. The number of methoxy groups -OCH3 is 1. The molecule has 0 unspecified atom stereocenters. The normalized spacial score (nSPS) is 10.3. The summed E-state index contributed by atoms with van der Waals surface area (Å²) in [6.45, 7) is 3.69. The molecule has 0 bridgehead atoms. The van der Waals surface area contributed by atoms with Gasteiger partial charge in [0.15, 0.2) is 6.61 Å². The molecule has 2 aromatic carbocycles. The zero-order chi connectivity index (χ0) is 17.0. The molecule has 0 aromatic heterocycles. The average Bonchev–Trinajstić information content (AvgIpc) is 2.46. The molecule has 0 radical (unpaired) electrons. The Hall–Kier alpha value is -2.40. The monoisotopic (exact) mass is 334 g/mol. The fourth-order valence-corrected chi connectivity index (χ4v) is 2.61. The number of nitrogens with one attached hydrogen (secondary N) is 1. The maximum Gasteiger partial charge on any atom is 0.262 e. The summed E-state index contributed by atoms with van der Waals surface area (Å²) in [5, 5.41) is 3.20. The van der Waals surface area contributed by atoms with E-state index >= 15 is 0 Å². The van der Waals surface area contributed by atoms with E-state index in [9.17, 15) is 4.79 Å². The van der Waals surface area contributed by atoms with Crippen molar-refractivity contribution in [1.82, 2.24) is 0 Å². The molecule has 0 spiro atoms. The molecule has 122 valence electrons. The molecular weight excluding hydrogens is 316 g/mol. The maximum absolute atomic E-state index is 12.0. The summed E-state index contributed by atoms with van der Waals surface area (Å²) in [6.07, 6.45) is 0. The van der Waals surface area contributed by atoms with Gasteiger partial charge < -0.3 is 20.5 Å². The highest BCUT2D eigenvalue weighted by Gasteiger charge is 2.10. The van der Waals surface area contributed by atoms with Crippen molar-refractivity contribution >= 4 is 28.9 Å². The van der Waals surface area contributed by atoms with Gasteiger partial charge in [-0.1, -0.05) is 17.7 Å². The summed E-state index contributed by atoms with van der Waals surface area (Å²) in [7, 11) is 1.53. The van der Waals surface area contributed by atoms with Crippen LogP contribution in [-0.4, -0.2) is 19.6 Å². The van der Waals surface area contributed by atoms with Crippen LogP contribution in [-0.2, 0) is 4.79 Å². The van der Waals surface area contributed by atoms with Crippen LogP contribution in [0.4, 0.5) is 11.4 Å². The fraction of sp³-hybridized carbons (Fsp3) is 0.235. The molecule has 0 aliphatic rings. The van der Waals surface area contributed by atoms with Crippen LogP contribution >= 0.6 is 11.6 Å². The van der Waals surface area contributed by atoms with Gasteiger partial charge in [-0.15, -0.1) is 0 Å². The summed E-state index contributed by atoms with van der Waals surface area (Å²) in [6, 6.07) is 8.76. The molecule has 5 nitrogen and oxygen atoms in total. The van der Waals surface area contributed by atoms with Gasteiger partial charge in [-0.2, -0.15) is 0 Å². The molecule has 0 saturated heterocycles. The third kappa shape index (κ3) is 4.29. The van der Waals surface area contributed by atoms with Gasteiger partial charge in [0.25, 0.3) is 5.91 Å². The summed E-state index contributed by atoms with van der Waals surface area (Å²) in [5.41, 5.74) is 8.75. The number of nitrogen functional groups attached to an aromatic ring is 1. The van der Waals surface area contributed by atoms with Crippen molar-refractivity contribution in [3.8, 4) is 11.5 Å². The maximum atomic E-state index is 12.0. The van der Waals surface area contributed by atoms with E-state index < -0.39 is 0 Å². The first kappa shape index (κ1) is 17.0. The Bertz CT molecular complexity index is 709. The highest BCUT2D eigenvalue weighted by atomic mass is 35.5. The first-order valence-electron chi connectivity index (χ1n) is 7.03. The van der Waals surface area contributed by atoms with Crippen LogP contribution in [0.15, 0.2) is 30.3 Å². The lowest BCUT2D eigenvalue weighted by atomic mass is 10.1. The Labute approximate surface area is 140 Å². The van der Waals surface area contributed by atoms with E-state index in [1.165, 1.54) is 7.11 Å². The van der Waals surface area contributed by atoms with Gasteiger partial charge in [0.1, 0.15) is 11.5 Å². The zero-order valence-electron chi connectivity index (χ0n) is 13.3. The Morgan fingerprint density at radius 1 is 1.26 bits per heavy atom. The van der Waals surface area contributed by atoms with Crippen molar-refractivity contribution < 1.29 is 14.3 Å². The van der Waals surface area contributed by atoms with Gasteiger partial charge in [-0.05, 0) is 49.2 Å². The van der Waals surface area contributed by atoms with Gasteiger partial charge in [0.05, 0.1) is 17.8 Å². The molecule has 0 aliphatic carbocycles. The van der Waals surface area contributed by atoms with Crippen molar-refractivity contribution in [2.75, 3.05) is 24.8 Å². The van der Waals surface area contributed by atoms with E-state index in [-0.39, 0.29) is 12.5 Å².